The highest BCUT2D eigenvalue weighted by Gasteiger charge is 2.25. The van der Waals surface area contributed by atoms with Crippen LogP contribution in [0.2, 0.25) is 0 Å². The number of carbonyl (C=O) groups is 1. The standard InChI is InChI=1S/C15H20N2O5S/c1-3-7-16-15(18)11-17(23(19,20)4-2)12-5-6-13-14(10-12)22-9-8-21-13/h3,5-6,10H,1,4,7-9,11H2,2H3,(H,16,18). The predicted molar refractivity (Wildman–Crippen MR) is 87.4 cm³/mol. The maximum absolute atomic E-state index is 12.3. The molecule has 0 saturated heterocycles. The fourth-order valence-corrected chi connectivity index (χ4v) is 3.13. The highest BCUT2D eigenvalue weighted by Crippen LogP contribution is 2.34. The van der Waals surface area contributed by atoms with E-state index in [2.05, 4.69) is 11.9 Å². The second-order valence-corrected chi connectivity index (χ2v) is 7.01. The van der Waals surface area contributed by atoms with Crippen molar-refractivity contribution in [2.24, 2.45) is 0 Å². The van der Waals surface area contributed by atoms with Gasteiger partial charge in [-0.25, -0.2) is 8.42 Å². The Labute approximate surface area is 135 Å². The van der Waals surface area contributed by atoms with E-state index in [-0.39, 0.29) is 18.8 Å². The van der Waals surface area contributed by atoms with Crippen LogP contribution >= 0.6 is 0 Å². The average molecular weight is 340 g/mol. The molecule has 126 valence electrons. The number of anilines is 1. The molecule has 1 heterocycles. The summed E-state index contributed by atoms with van der Waals surface area (Å²) >= 11 is 0. The summed E-state index contributed by atoms with van der Waals surface area (Å²) in [5.41, 5.74) is 0.366. The number of amides is 1. The molecule has 0 spiro atoms. The van der Waals surface area contributed by atoms with Crippen molar-refractivity contribution in [3.8, 4) is 11.5 Å². The molecule has 7 nitrogen and oxygen atoms in total. The number of nitrogens with one attached hydrogen (secondary N) is 1. The minimum absolute atomic E-state index is 0.115. The molecule has 0 bridgehead atoms. The summed E-state index contributed by atoms with van der Waals surface area (Å²) in [5, 5.41) is 2.57. The Morgan fingerprint density at radius 3 is 2.70 bits per heavy atom. The van der Waals surface area contributed by atoms with E-state index in [1.54, 1.807) is 18.2 Å². The van der Waals surface area contributed by atoms with Gasteiger partial charge in [0.2, 0.25) is 15.9 Å². The second-order valence-electron chi connectivity index (χ2n) is 4.83. The van der Waals surface area contributed by atoms with Crippen molar-refractivity contribution >= 4 is 21.6 Å². The summed E-state index contributed by atoms with van der Waals surface area (Å²) in [7, 11) is -3.61. The van der Waals surface area contributed by atoms with Crippen molar-refractivity contribution in [2.75, 3.05) is 36.4 Å². The fraction of sp³-hybridized carbons (Fsp3) is 0.400. The molecule has 0 saturated carbocycles. The number of ether oxygens (including phenoxy) is 2. The Kier molecular flexibility index (Phi) is 5.49. The molecule has 0 atom stereocenters. The molecule has 0 radical (unpaired) electrons. The average Bonchev–Trinajstić information content (AvgIpc) is 2.57. The van der Waals surface area contributed by atoms with Gasteiger partial charge in [0.25, 0.3) is 0 Å². The van der Waals surface area contributed by atoms with Gasteiger partial charge in [-0.05, 0) is 19.1 Å². The van der Waals surface area contributed by atoms with E-state index in [0.29, 0.717) is 30.4 Å². The van der Waals surface area contributed by atoms with Crippen LogP contribution in [-0.2, 0) is 14.8 Å². The van der Waals surface area contributed by atoms with Gasteiger partial charge < -0.3 is 14.8 Å². The van der Waals surface area contributed by atoms with Gasteiger partial charge in [0.1, 0.15) is 19.8 Å². The third-order valence-electron chi connectivity index (χ3n) is 3.25. The van der Waals surface area contributed by atoms with Gasteiger partial charge in [0.05, 0.1) is 11.4 Å². The number of fused-ring (bicyclic) bond motifs is 1. The number of nitrogens with zero attached hydrogens (tertiary/aromatic N) is 1. The first-order valence-corrected chi connectivity index (χ1v) is 8.86. The third-order valence-corrected chi connectivity index (χ3v) is 4.99. The van der Waals surface area contributed by atoms with E-state index < -0.39 is 15.9 Å². The van der Waals surface area contributed by atoms with Crippen LogP contribution in [0.1, 0.15) is 6.92 Å². The zero-order valence-corrected chi connectivity index (χ0v) is 13.8. The van der Waals surface area contributed by atoms with E-state index in [9.17, 15) is 13.2 Å². The Hall–Kier alpha value is -2.22. The first-order chi connectivity index (χ1) is 11.0. The van der Waals surface area contributed by atoms with Crippen molar-refractivity contribution < 1.29 is 22.7 Å². The Bertz CT molecular complexity index is 687. The molecule has 1 aromatic rings. The molecular formula is C15H20N2O5S. The third kappa shape index (κ3) is 4.16. The predicted octanol–water partition coefficient (Wildman–Crippen LogP) is 0.916. The minimum Gasteiger partial charge on any atom is -0.486 e. The van der Waals surface area contributed by atoms with Crippen molar-refractivity contribution in [3.05, 3.63) is 30.9 Å². The minimum atomic E-state index is -3.61. The van der Waals surface area contributed by atoms with Crippen LogP contribution in [0.3, 0.4) is 0 Å². The lowest BCUT2D eigenvalue weighted by atomic mass is 10.2. The summed E-state index contributed by atoms with van der Waals surface area (Å²) in [6.45, 7) is 5.86. The van der Waals surface area contributed by atoms with Gasteiger partial charge in [0.15, 0.2) is 11.5 Å². The summed E-state index contributed by atoms with van der Waals surface area (Å²) in [5.74, 6) is 0.509. The van der Waals surface area contributed by atoms with Crippen molar-refractivity contribution in [1.29, 1.82) is 0 Å². The number of hydrogen-bond donors (Lipinski definition) is 1. The molecule has 1 amide bonds. The van der Waals surface area contributed by atoms with E-state index >= 15 is 0 Å². The Balaban J connectivity index is 2.30. The Morgan fingerprint density at radius 1 is 1.35 bits per heavy atom. The molecule has 8 heteroatoms. The zero-order valence-electron chi connectivity index (χ0n) is 12.9. The second kappa shape index (κ2) is 7.36. The lowest BCUT2D eigenvalue weighted by Gasteiger charge is -2.25. The fourth-order valence-electron chi connectivity index (χ4n) is 2.07. The van der Waals surface area contributed by atoms with Crippen LogP contribution in [-0.4, -0.2) is 46.4 Å². The first-order valence-electron chi connectivity index (χ1n) is 7.25. The molecule has 0 aliphatic carbocycles. The number of sulfonamides is 1. The molecule has 2 rings (SSSR count). The topological polar surface area (TPSA) is 84.9 Å². The molecule has 0 fully saturated rings. The normalized spacial score (nSPS) is 13.3. The quantitative estimate of drug-likeness (QED) is 0.746. The lowest BCUT2D eigenvalue weighted by molar-refractivity contribution is -0.119. The van der Waals surface area contributed by atoms with E-state index in [1.807, 2.05) is 0 Å². The van der Waals surface area contributed by atoms with Crippen LogP contribution in [0.4, 0.5) is 5.69 Å². The maximum atomic E-state index is 12.3. The smallest absolute Gasteiger partial charge is 0.241 e. The molecule has 1 aliphatic heterocycles. The van der Waals surface area contributed by atoms with E-state index in [4.69, 9.17) is 9.47 Å². The van der Waals surface area contributed by atoms with Crippen molar-refractivity contribution in [1.82, 2.24) is 5.32 Å². The van der Waals surface area contributed by atoms with Crippen molar-refractivity contribution in [2.45, 2.75) is 6.92 Å². The van der Waals surface area contributed by atoms with E-state index in [1.165, 1.54) is 13.0 Å². The van der Waals surface area contributed by atoms with Gasteiger partial charge >= 0.3 is 0 Å². The SMILES string of the molecule is C=CCNC(=O)CN(c1ccc2c(c1)OCCO2)S(=O)(=O)CC. The van der Waals surface area contributed by atoms with Crippen LogP contribution < -0.4 is 19.1 Å². The number of hydrogen-bond acceptors (Lipinski definition) is 5. The molecule has 1 aromatic carbocycles. The zero-order chi connectivity index (χ0) is 16.9. The molecule has 23 heavy (non-hydrogen) atoms. The molecule has 1 aliphatic rings. The van der Waals surface area contributed by atoms with Gasteiger partial charge in [-0.3, -0.25) is 9.10 Å². The van der Waals surface area contributed by atoms with Crippen molar-refractivity contribution in [3.63, 3.8) is 0 Å². The summed E-state index contributed by atoms with van der Waals surface area (Å²) in [6.07, 6.45) is 1.53. The first kappa shape index (κ1) is 17.1. The van der Waals surface area contributed by atoms with Crippen LogP contribution in [0.5, 0.6) is 11.5 Å². The number of benzene rings is 1. The van der Waals surface area contributed by atoms with Crippen LogP contribution in [0, 0.1) is 0 Å². The maximum Gasteiger partial charge on any atom is 0.241 e. The molecule has 0 aromatic heterocycles. The van der Waals surface area contributed by atoms with Gasteiger partial charge in [0, 0.05) is 12.6 Å². The van der Waals surface area contributed by atoms with Gasteiger partial charge in [-0.1, -0.05) is 6.08 Å². The van der Waals surface area contributed by atoms with Gasteiger partial charge in [-0.2, -0.15) is 0 Å². The van der Waals surface area contributed by atoms with E-state index in [0.717, 1.165) is 4.31 Å². The highest BCUT2D eigenvalue weighted by molar-refractivity contribution is 7.92. The van der Waals surface area contributed by atoms with Crippen LogP contribution in [0.15, 0.2) is 30.9 Å². The molecule has 0 unspecified atom stereocenters. The Morgan fingerprint density at radius 2 is 2.04 bits per heavy atom. The summed E-state index contributed by atoms with van der Waals surface area (Å²) in [4.78, 5) is 11.9. The molecular weight excluding hydrogens is 320 g/mol. The summed E-state index contributed by atoms with van der Waals surface area (Å²) < 4.78 is 36.6. The number of rotatable bonds is 7. The lowest BCUT2D eigenvalue weighted by Crippen LogP contribution is -2.41. The largest absolute Gasteiger partial charge is 0.486 e. The highest BCUT2D eigenvalue weighted by atomic mass is 32.2. The monoisotopic (exact) mass is 340 g/mol. The van der Waals surface area contributed by atoms with Gasteiger partial charge in [-0.15, -0.1) is 6.58 Å². The number of carbonyl (C=O) groups excluding carboxylic acids is 1. The van der Waals surface area contributed by atoms with Crippen LogP contribution in [0.25, 0.3) is 0 Å². The molecule has 1 N–H and O–H groups in total. The summed E-state index contributed by atoms with van der Waals surface area (Å²) in [6, 6.07) is 4.81.